The molecule has 0 saturated carbocycles. The zero-order valence-corrected chi connectivity index (χ0v) is 30.4. The number of nitrogens with one attached hydrogen (secondary N) is 2. The molecule has 2 N–H and O–H groups in total. The topological polar surface area (TPSA) is 83.1 Å². The van der Waals surface area contributed by atoms with E-state index in [0.717, 1.165) is 61.6 Å². The largest absolute Gasteiger partial charge is 0.355 e. The van der Waals surface area contributed by atoms with Crippen LogP contribution < -0.4 is 0 Å². The molecule has 3 aliphatic rings. The Morgan fingerprint density at radius 1 is 0.521 bits per heavy atom. The van der Waals surface area contributed by atoms with Gasteiger partial charge in [-0.25, -0.2) is 15.0 Å². The molecule has 0 spiro atoms. The van der Waals surface area contributed by atoms with Crippen molar-refractivity contribution < 1.29 is 0 Å². The first-order valence-electron chi connectivity index (χ1n) is 15.1. The first-order chi connectivity index (χ1) is 22.7. The average Bonchev–Trinajstić information content (AvgIpc) is 3.93. The maximum atomic E-state index is 4.62. The fraction of sp³-hybridized carbons (Fsp3) is 0.0256. The Hall–Kier alpha value is -4.90. The molecular formula is C39H28N6SSiSn. The van der Waals surface area contributed by atoms with Gasteiger partial charge < -0.3 is 9.97 Å². The SMILES string of the molecule is C1=Cc2cc3ccc(cc4ccc(cc5nc(cc1n2)C=C5)[nH]4)[nH]3.[Si].[Sn].c1ccc2c(c1)Cc1ccccc1-2.c1cnc2sccc2n1. The first-order valence-corrected chi connectivity index (χ1v) is 15.9. The van der Waals surface area contributed by atoms with Crippen molar-refractivity contribution in [1.29, 1.82) is 0 Å². The molecule has 7 heterocycles. The van der Waals surface area contributed by atoms with E-state index in [1.165, 1.54) is 22.3 Å². The van der Waals surface area contributed by atoms with Crippen molar-refractivity contribution in [3.63, 3.8) is 0 Å². The third kappa shape index (κ3) is 7.46. The number of nitrogens with zero attached hydrogens (tertiary/aromatic N) is 4. The van der Waals surface area contributed by atoms with Gasteiger partial charge in [-0.2, -0.15) is 0 Å². The van der Waals surface area contributed by atoms with Gasteiger partial charge in [-0.1, -0.05) is 48.5 Å². The van der Waals surface area contributed by atoms with Gasteiger partial charge in [0.25, 0.3) is 0 Å². The summed E-state index contributed by atoms with van der Waals surface area (Å²) in [5.41, 5.74) is 14.6. The van der Waals surface area contributed by atoms with E-state index in [0.29, 0.717) is 0 Å². The molecule has 10 rings (SSSR count). The molecule has 2 aliphatic heterocycles. The van der Waals surface area contributed by atoms with Crippen LogP contribution >= 0.6 is 11.3 Å². The van der Waals surface area contributed by atoms with Crippen molar-refractivity contribution in [3.05, 3.63) is 155 Å². The van der Waals surface area contributed by atoms with E-state index in [4.69, 9.17) is 0 Å². The predicted molar refractivity (Wildman–Crippen MR) is 202 cm³/mol. The van der Waals surface area contributed by atoms with E-state index in [-0.39, 0.29) is 34.9 Å². The van der Waals surface area contributed by atoms with Gasteiger partial charge in [0.15, 0.2) is 0 Å². The maximum Gasteiger partial charge on any atom is 0.141 e. The molecule has 0 atom stereocenters. The smallest absolute Gasteiger partial charge is 0.141 e. The molecule has 6 nitrogen and oxygen atoms in total. The van der Waals surface area contributed by atoms with Crippen LogP contribution in [0.15, 0.2) is 121 Å². The summed E-state index contributed by atoms with van der Waals surface area (Å²) in [5.74, 6) is 0. The fourth-order valence-corrected chi connectivity index (χ4v) is 6.42. The minimum Gasteiger partial charge on any atom is -0.355 e. The number of hydrogen-bond donors (Lipinski definition) is 2. The molecule has 0 unspecified atom stereocenters. The second-order valence-corrected chi connectivity index (χ2v) is 12.0. The van der Waals surface area contributed by atoms with E-state index in [1.807, 2.05) is 53.9 Å². The Bertz CT molecular complexity index is 2280. The summed E-state index contributed by atoms with van der Waals surface area (Å²) in [7, 11) is 0. The summed E-state index contributed by atoms with van der Waals surface area (Å²) >= 11 is 1.61. The van der Waals surface area contributed by atoms with Crippen LogP contribution in [0.5, 0.6) is 0 Å². The molecular weight excluding hydrogens is 731 g/mol. The number of aromatic amines is 2. The number of aromatic nitrogens is 6. The zero-order chi connectivity index (χ0) is 30.7. The van der Waals surface area contributed by atoms with E-state index >= 15 is 0 Å². The molecule has 0 amide bonds. The normalized spacial score (nSPS) is 11.6. The standard InChI is InChI=1S/C20H14N4.C13H10.C6H4N2S.Si.Sn/c1-2-14-10-16-5-6-18(23-16)12-20-8-7-19(24-20)11-17-4-3-15(22-17)9-13(1)21-14;1-3-7-12-10(5-1)9-11-6-2-4-8-13(11)12;1-4-9-6-5(1)7-2-3-8-6;;/h1-12,21-22H;1-8H,9H2;1-4H;;. The molecule has 0 fully saturated rings. The molecule has 1 aliphatic carbocycles. The molecule has 8 bridgehead atoms. The second kappa shape index (κ2) is 14.9. The summed E-state index contributed by atoms with van der Waals surface area (Å²) in [6.07, 6.45) is 12.6. The quantitative estimate of drug-likeness (QED) is 0.152. The maximum absolute atomic E-state index is 4.62. The van der Waals surface area contributed by atoms with Crippen molar-refractivity contribution in [2.24, 2.45) is 0 Å². The minimum atomic E-state index is 0. The fourth-order valence-electron chi connectivity index (χ4n) is 5.73. The Kier molecular flexibility index (Phi) is 10.2. The summed E-state index contributed by atoms with van der Waals surface area (Å²) < 4.78 is 0. The van der Waals surface area contributed by atoms with Gasteiger partial charge in [0, 0.05) is 69.3 Å². The predicted octanol–water partition coefficient (Wildman–Crippen LogP) is 8.84. The van der Waals surface area contributed by atoms with Crippen molar-refractivity contribution >= 4 is 103 Å². The van der Waals surface area contributed by atoms with Crippen LogP contribution in [0.25, 0.3) is 67.8 Å². The number of benzene rings is 2. The van der Waals surface area contributed by atoms with Crippen LogP contribution in [0.4, 0.5) is 0 Å². The molecule has 228 valence electrons. The molecule has 7 aromatic rings. The van der Waals surface area contributed by atoms with Crippen molar-refractivity contribution in [2.75, 3.05) is 0 Å². The number of hydrogen-bond acceptors (Lipinski definition) is 5. The van der Waals surface area contributed by atoms with Crippen LogP contribution in [-0.4, -0.2) is 64.8 Å². The second-order valence-electron chi connectivity index (χ2n) is 11.1. The van der Waals surface area contributed by atoms with Crippen LogP contribution in [-0.2, 0) is 6.42 Å². The van der Waals surface area contributed by atoms with Gasteiger partial charge in [-0.3, -0.25) is 4.98 Å². The Morgan fingerprint density at radius 3 is 1.54 bits per heavy atom. The Labute approximate surface area is 303 Å². The Balaban J connectivity index is 0.000000140. The van der Waals surface area contributed by atoms with E-state index in [1.54, 1.807) is 23.7 Å². The summed E-state index contributed by atoms with van der Waals surface area (Å²) in [6.45, 7) is 0. The molecule has 8 radical (unpaired) electrons. The minimum absolute atomic E-state index is 0. The number of rotatable bonds is 0. The zero-order valence-electron chi connectivity index (χ0n) is 25.8. The van der Waals surface area contributed by atoms with Crippen molar-refractivity contribution in [1.82, 2.24) is 29.9 Å². The van der Waals surface area contributed by atoms with Crippen LogP contribution in [0.2, 0.25) is 0 Å². The van der Waals surface area contributed by atoms with Crippen LogP contribution in [0, 0.1) is 0 Å². The monoisotopic (exact) mass is 760 g/mol. The van der Waals surface area contributed by atoms with Gasteiger partial charge in [-0.15, -0.1) is 11.3 Å². The van der Waals surface area contributed by atoms with Gasteiger partial charge in [0.2, 0.25) is 0 Å². The van der Waals surface area contributed by atoms with Gasteiger partial charge >= 0.3 is 0 Å². The number of H-pyrrole nitrogens is 2. The number of thiophene rings is 1. The summed E-state index contributed by atoms with van der Waals surface area (Å²) in [5, 5.41) is 1.99. The van der Waals surface area contributed by atoms with Crippen LogP contribution in [0.1, 0.15) is 33.9 Å². The van der Waals surface area contributed by atoms with Gasteiger partial charge in [0.05, 0.1) is 28.3 Å². The van der Waals surface area contributed by atoms with E-state index < -0.39 is 0 Å². The van der Waals surface area contributed by atoms with E-state index in [2.05, 4.69) is 109 Å². The van der Waals surface area contributed by atoms with Gasteiger partial charge in [0.1, 0.15) is 4.83 Å². The third-order valence-electron chi connectivity index (χ3n) is 7.84. The molecule has 2 aromatic carbocycles. The number of fused-ring (bicyclic) bond motifs is 12. The Morgan fingerprint density at radius 2 is 1.00 bits per heavy atom. The molecule has 9 heteroatoms. The van der Waals surface area contributed by atoms with E-state index in [9.17, 15) is 0 Å². The third-order valence-corrected chi connectivity index (χ3v) is 8.65. The van der Waals surface area contributed by atoms with Crippen molar-refractivity contribution in [3.8, 4) is 11.1 Å². The molecule has 48 heavy (non-hydrogen) atoms. The average molecular weight is 760 g/mol. The van der Waals surface area contributed by atoms with Crippen LogP contribution in [0.3, 0.4) is 0 Å². The molecule has 0 saturated heterocycles. The first kappa shape index (κ1) is 33.0. The summed E-state index contributed by atoms with van der Waals surface area (Å²) in [6, 6.07) is 35.7. The van der Waals surface area contributed by atoms with Gasteiger partial charge in [-0.05, 0) is 113 Å². The van der Waals surface area contributed by atoms with Crippen molar-refractivity contribution in [2.45, 2.75) is 6.42 Å². The molecule has 5 aromatic heterocycles. The summed E-state index contributed by atoms with van der Waals surface area (Å²) in [4.78, 5) is 25.2.